The van der Waals surface area contributed by atoms with Crippen LogP contribution in [0.5, 0.6) is 17.2 Å². The van der Waals surface area contributed by atoms with Crippen LogP contribution in [0, 0.1) is 0 Å². The first-order chi connectivity index (χ1) is 22.0. The molecule has 11 nitrogen and oxygen atoms in total. The lowest BCUT2D eigenvalue weighted by Crippen LogP contribution is -2.45. The minimum atomic E-state index is -0.793. The average molecular weight is 710 g/mol. The van der Waals surface area contributed by atoms with Crippen LogP contribution in [-0.4, -0.2) is 44.4 Å². The van der Waals surface area contributed by atoms with Gasteiger partial charge in [-0.05, 0) is 66.9 Å². The molecule has 3 amide bonds. The summed E-state index contributed by atoms with van der Waals surface area (Å²) in [4.78, 5) is 37.2. The maximum Gasteiger partial charge on any atom is 0.338 e. The van der Waals surface area contributed by atoms with Gasteiger partial charge in [-0.2, -0.15) is 5.10 Å². The summed E-state index contributed by atoms with van der Waals surface area (Å²) in [5, 5.41) is 10.5. The number of hydrogen-bond donors (Lipinski definition) is 3. The minimum Gasteiger partial charge on any atom is -0.493 e. The minimum absolute atomic E-state index is 0.160. The van der Waals surface area contributed by atoms with Gasteiger partial charge in [0.2, 0.25) is 0 Å². The molecule has 46 heavy (non-hydrogen) atoms. The van der Waals surface area contributed by atoms with Gasteiger partial charge in [0.15, 0.2) is 23.9 Å². The highest BCUT2D eigenvalue weighted by molar-refractivity contribution is 6.42. The smallest absolute Gasteiger partial charge is 0.338 e. The number of hydrogen-bond acceptors (Lipinski definition) is 8. The van der Waals surface area contributed by atoms with Crippen molar-refractivity contribution >= 4 is 70.5 Å². The Morgan fingerprint density at radius 2 is 1.70 bits per heavy atom. The van der Waals surface area contributed by atoms with Gasteiger partial charge in [-0.3, -0.25) is 4.79 Å². The molecule has 0 aromatic heterocycles. The zero-order valence-corrected chi connectivity index (χ0v) is 27.7. The van der Waals surface area contributed by atoms with E-state index in [-0.39, 0.29) is 46.1 Å². The summed E-state index contributed by atoms with van der Waals surface area (Å²) >= 11 is 24.7. The van der Waals surface area contributed by atoms with Gasteiger partial charge in [-0.25, -0.2) is 15.0 Å². The Morgan fingerprint density at radius 3 is 2.37 bits per heavy atom. The van der Waals surface area contributed by atoms with Crippen molar-refractivity contribution in [3.63, 3.8) is 0 Å². The predicted molar refractivity (Wildman–Crippen MR) is 175 cm³/mol. The van der Waals surface area contributed by atoms with Crippen LogP contribution < -0.4 is 30.3 Å². The molecule has 3 aromatic carbocycles. The third kappa shape index (κ3) is 8.76. The molecule has 3 aromatic rings. The molecule has 1 atom stereocenters. The fraction of sp³-hybridized carbons (Fsp3) is 0.226. The SMILES string of the molecule is CCOC(=O)C1=C(C)NC(=O)N[C@@H]1c1ccc(OCC(=O)N/N=C\c2cc(Cl)c(OCc3ccc(Cl)c(Cl)c3)c(Cl)c2)c(OC)c1. The van der Waals surface area contributed by atoms with Crippen LogP contribution >= 0.6 is 46.4 Å². The number of urea groups is 1. The summed E-state index contributed by atoms with van der Waals surface area (Å²) in [5.41, 5.74) is 4.81. The number of amides is 3. The summed E-state index contributed by atoms with van der Waals surface area (Å²) in [5.74, 6) is -0.334. The second kappa shape index (κ2) is 15.9. The highest BCUT2D eigenvalue weighted by Crippen LogP contribution is 2.36. The molecule has 0 fully saturated rings. The standard InChI is InChI=1S/C31H28Cl4N4O7/c1-4-44-30(41)27-16(2)37-31(42)38-28(27)19-6-8-24(25(12-19)43-3)45-15-26(40)39-36-13-18-10-22(34)29(23(35)11-18)46-14-17-5-7-20(32)21(33)9-17/h5-13,28H,4,14-15H2,1-3H3,(H,39,40)(H2,37,38,42)/b36-13-/t28-/m1/s1. The molecule has 1 aliphatic rings. The number of nitrogens with zero attached hydrogens (tertiary/aromatic N) is 1. The van der Waals surface area contributed by atoms with Gasteiger partial charge >= 0.3 is 12.0 Å². The molecule has 0 unspecified atom stereocenters. The molecular weight excluding hydrogens is 682 g/mol. The monoisotopic (exact) mass is 708 g/mol. The predicted octanol–water partition coefficient (Wildman–Crippen LogP) is 6.61. The number of allylic oxidation sites excluding steroid dienone is 1. The molecule has 3 N–H and O–H groups in total. The Bertz CT molecular complexity index is 1690. The summed E-state index contributed by atoms with van der Waals surface area (Å²) in [6.45, 7) is 3.24. The number of rotatable bonds is 12. The number of halogens is 4. The van der Waals surface area contributed by atoms with Gasteiger partial charge in [0.1, 0.15) is 6.61 Å². The molecule has 0 bridgehead atoms. The second-order valence-electron chi connectivity index (χ2n) is 9.63. The maximum atomic E-state index is 12.6. The third-order valence-electron chi connectivity index (χ3n) is 6.43. The molecule has 242 valence electrons. The zero-order chi connectivity index (χ0) is 33.4. The highest BCUT2D eigenvalue weighted by Gasteiger charge is 2.32. The van der Waals surface area contributed by atoms with Gasteiger partial charge < -0.3 is 29.6 Å². The van der Waals surface area contributed by atoms with Crippen LogP contribution in [0.2, 0.25) is 20.1 Å². The zero-order valence-electron chi connectivity index (χ0n) is 24.7. The van der Waals surface area contributed by atoms with Crippen molar-refractivity contribution in [1.29, 1.82) is 0 Å². The van der Waals surface area contributed by atoms with Crippen LogP contribution in [0.1, 0.15) is 36.6 Å². The number of carbonyl (C=O) groups excluding carboxylic acids is 3. The number of ether oxygens (including phenoxy) is 4. The number of benzene rings is 3. The average Bonchev–Trinajstić information content (AvgIpc) is 3.01. The first kappa shape index (κ1) is 34.7. The Kier molecular flexibility index (Phi) is 12.0. The summed E-state index contributed by atoms with van der Waals surface area (Å²) < 4.78 is 22.0. The molecule has 0 radical (unpaired) electrons. The fourth-order valence-corrected chi connectivity index (χ4v) is 5.27. The van der Waals surface area contributed by atoms with Crippen molar-refractivity contribution in [1.82, 2.24) is 16.1 Å². The second-order valence-corrected chi connectivity index (χ2v) is 11.3. The number of carbonyl (C=O) groups is 3. The van der Waals surface area contributed by atoms with Gasteiger partial charge in [-0.1, -0.05) is 58.5 Å². The maximum absolute atomic E-state index is 12.6. The summed E-state index contributed by atoms with van der Waals surface area (Å²) in [7, 11) is 1.42. The van der Waals surface area contributed by atoms with E-state index < -0.39 is 30.6 Å². The quantitative estimate of drug-likeness (QED) is 0.109. The van der Waals surface area contributed by atoms with Crippen molar-refractivity contribution in [3.05, 3.63) is 96.6 Å². The number of esters is 1. The van der Waals surface area contributed by atoms with E-state index in [1.807, 2.05) is 0 Å². The Morgan fingerprint density at radius 1 is 0.957 bits per heavy atom. The van der Waals surface area contributed by atoms with Crippen molar-refractivity contribution in [3.8, 4) is 17.2 Å². The Hall–Kier alpha value is -4.16. The normalized spacial score (nSPS) is 14.4. The lowest BCUT2D eigenvalue weighted by Gasteiger charge is -2.28. The van der Waals surface area contributed by atoms with E-state index >= 15 is 0 Å². The van der Waals surface area contributed by atoms with Gasteiger partial charge in [0.25, 0.3) is 5.91 Å². The van der Waals surface area contributed by atoms with Crippen molar-refractivity contribution in [2.75, 3.05) is 20.3 Å². The lowest BCUT2D eigenvalue weighted by molar-refractivity contribution is -0.139. The van der Waals surface area contributed by atoms with Gasteiger partial charge in [0, 0.05) is 5.70 Å². The van der Waals surface area contributed by atoms with E-state index in [2.05, 4.69) is 21.2 Å². The van der Waals surface area contributed by atoms with Gasteiger partial charge in [0.05, 0.1) is 51.6 Å². The van der Waals surface area contributed by atoms with E-state index in [1.54, 1.807) is 62.4 Å². The molecule has 0 spiro atoms. The van der Waals surface area contributed by atoms with Crippen molar-refractivity contribution in [2.45, 2.75) is 26.5 Å². The van der Waals surface area contributed by atoms with Gasteiger partial charge in [-0.15, -0.1) is 0 Å². The van der Waals surface area contributed by atoms with E-state index in [0.29, 0.717) is 26.9 Å². The fourth-order valence-electron chi connectivity index (χ4n) is 4.34. The first-order valence-corrected chi connectivity index (χ1v) is 15.2. The van der Waals surface area contributed by atoms with Crippen LogP contribution in [-0.2, 0) is 20.9 Å². The van der Waals surface area contributed by atoms with E-state index in [9.17, 15) is 14.4 Å². The highest BCUT2D eigenvalue weighted by atomic mass is 35.5. The molecule has 15 heteroatoms. The molecule has 4 rings (SSSR count). The van der Waals surface area contributed by atoms with Crippen LogP contribution in [0.3, 0.4) is 0 Å². The summed E-state index contributed by atoms with van der Waals surface area (Å²) in [6.07, 6.45) is 1.36. The molecule has 0 aliphatic carbocycles. The molecule has 0 saturated heterocycles. The largest absolute Gasteiger partial charge is 0.493 e. The van der Waals surface area contributed by atoms with E-state index in [1.165, 1.54) is 13.3 Å². The molecule has 1 aliphatic heterocycles. The van der Waals surface area contributed by atoms with Crippen molar-refractivity contribution in [2.24, 2.45) is 5.10 Å². The molecular formula is C31H28Cl4N4O7. The lowest BCUT2D eigenvalue weighted by atomic mass is 9.95. The number of methoxy groups -OCH3 is 1. The van der Waals surface area contributed by atoms with Crippen LogP contribution in [0.15, 0.2) is 64.9 Å². The van der Waals surface area contributed by atoms with Crippen LogP contribution in [0.4, 0.5) is 4.79 Å². The Labute approximate surface area is 284 Å². The number of nitrogens with one attached hydrogen (secondary N) is 3. The first-order valence-electron chi connectivity index (χ1n) is 13.6. The summed E-state index contributed by atoms with van der Waals surface area (Å²) in [6, 6.07) is 11.8. The topological polar surface area (TPSA) is 137 Å². The van der Waals surface area contributed by atoms with E-state index in [0.717, 1.165) is 5.56 Å². The molecule has 1 heterocycles. The van der Waals surface area contributed by atoms with E-state index in [4.69, 9.17) is 65.4 Å². The Balaban J connectivity index is 1.35. The van der Waals surface area contributed by atoms with Crippen LogP contribution in [0.25, 0.3) is 0 Å². The number of hydrazone groups is 1. The molecule has 0 saturated carbocycles. The third-order valence-corrected chi connectivity index (χ3v) is 7.74. The van der Waals surface area contributed by atoms with Crippen molar-refractivity contribution < 1.29 is 33.3 Å².